The van der Waals surface area contributed by atoms with E-state index in [0.717, 1.165) is 44.5 Å². The van der Waals surface area contributed by atoms with E-state index in [0.29, 0.717) is 0 Å². The summed E-state index contributed by atoms with van der Waals surface area (Å²) < 4.78 is 16.7. The van der Waals surface area contributed by atoms with Gasteiger partial charge in [0, 0.05) is 40.7 Å². The molecule has 0 saturated heterocycles. The van der Waals surface area contributed by atoms with Gasteiger partial charge in [-0.05, 0) is 34.9 Å². The molecular weight excluding hydrogens is 480 g/mol. The second-order valence-electron chi connectivity index (χ2n) is 9.84. The van der Waals surface area contributed by atoms with Crippen molar-refractivity contribution in [2.75, 3.05) is 20.8 Å². The lowest BCUT2D eigenvalue weighted by Crippen LogP contribution is -2.42. The first-order valence-corrected chi connectivity index (χ1v) is 12.5. The van der Waals surface area contributed by atoms with Crippen LogP contribution in [0.4, 0.5) is 0 Å². The zero-order valence-electron chi connectivity index (χ0n) is 21.1. The summed E-state index contributed by atoms with van der Waals surface area (Å²) in [6.07, 6.45) is 3.59. The summed E-state index contributed by atoms with van der Waals surface area (Å²) in [4.78, 5) is 26.4. The molecular formula is C32H26O6. The highest BCUT2D eigenvalue weighted by atomic mass is 16.5. The number of aliphatic hydroxyl groups is 1. The maximum Gasteiger partial charge on any atom is 0.323 e. The van der Waals surface area contributed by atoms with Crippen molar-refractivity contribution in [2.45, 2.75) is 24.5 Å². The average Bonchev–Trinajstić information content (AvgIpc) is 3.67. The molecule has 2 heterocycles. The minimum absolute atomic E-state index is 0.0729. The Morgan fingerprint density at radius 3 is 2.21 bits per heavy atom. The molecule has 0 saturated carbocycles. The van der Waals surface area contributed by atoms with Crippen molar-refractivity contribution in [3.63, 3.8) is 0 Å². The Morgan fingerprint density at radius 1 is 0.947 bits per heavy atom. The average molecular weight is 507 g/mol. The second kappa shape index (κ2) is 8.98. The quantitative estimate of drug-likeness (QED) is 0.249. The first-order valence-electron chi connectivity index (χ1n) is 12.5. The number of carbonyl (C=O) groups is 2. The highest BCUT2D eigenvalue weighted by molar-refractivity contribution is 6.02. The van der Waals surface area contributed by atoms with Crippen molar-refractivity contribution in [3.05, 3.63) is 106 Å². The van der Waals surface area contributed by atoms with Crippen LogP contribution in [0.5, 0.6) is 0 Å². The minimum atomic E-state index is -1.56. The number of aliphatic hydroxyl groups excluding tert-OH is 1. The van der Waals surface area contributed by atoms with Gasteiger partial charge in [0.25, 0.3) is 0 Å². The van der Waals surface area contributed by atoms with Crippen molar-refractivity contribution in [3.8, 4) is 23.0 Å². The molecule has 6 nitrogen and oxygen atoms in total. The molecule has 3 aromatic rings. The SMILES string of the molecule is COC(=O)C1(C(=O)OC)Cc2c(C#Cc3ccccc3)c(-c3ccccc3)c3c(c2C1)[C@]1(CO)C=C[C@H]3O1. The molecule has 38 heavy (non-hydrogen) atoms. The number of hydrogen-bond acceptors (Lipinski definition) is 6. The number of rotatable bonds is 4. The molecule has 0 spiro atoms. The Bertz CT molecular complexity index is 1530. The number of carbonyl (C=O) groups excluding carboxylic acids is 2. The lowest BCUT2D eigenvalue weighted by atomic mass is 9.76. The summed E-state index contributed by atoms with van der Waals surface area (Å²) in [6.45, 7) is -0.272. The Kier molecular flexibility index (Phi) is 5.71. The van der Waals surface area contributed by atoms with Crippen LogP contribution < -0.4 is 0 Å². The Labute approximate surface area is 220 Å². The number of fused-ring (bicyclic) bond motifs is 7. The molecule has 0 radical (unpaired) electrons. The first-order chi connectivity index (χ1) is 18.5. The van der Waals surface area contributed by atoms with Gasteiger partial charge < -0.3 is 19.3 Å². The number of benzene rings is 3. The number of esters is 2. The van der Waals surface area contributed by atoms with E-state index in [4.69, 9.17) is 14.2 Å². The van der Waals surface area contributed by atoms with Crippen LogP contribution in [0.3, 0.4) is 0 Å². The third-order valence-electron chi connectivity index (χ3n) is 7.85. The van der Waals surface area contributed by atoms with Crippen LogP contribution in [0.1, 0.15) is 39.5 Å². The molecule has 0 aromatic heterocycles. The van der Waals surface area contributed by atoms with Gasteiger partial charge in [-0.2, -0.15) is 0 Å². The molecule has 3 aromatic carbocycles. The molecule has 3 aliphatic rings. The topological polar surface area (TPSA) is 82.1 Å². The summed E-state index contributed by atoms with van der Waals surface area (Å²) in [7, 11) is 2.55. The summed E-state index contributed by atoms with van der Waals surface area (Å²) >= 11 is 0. The second-order valence-corrected chi connectivity index (χ2v) is 9.84. The van der Waals surface area contributed by atoms with Crippen molar-refractivity contribution in [2.24, 2.45) is 5.41 Å². The van der Waals surface area contributed by atoms with Crippen LogP contribution in [0.25, 0.3) is 11.1 Å². The van der Waals surface area contributed by atoms with E-state index in [1.807, 2.05) is 72.8 Å². The Morgan fingerprint density at radius 2 is 1.58 bits per heavy atom. The van der Waals surface area contributed by atoms with Crippen LogP contribution in [0.2, 0.25) is 0 Å². The molecule has 2 bridgehead atoms. The molecule has 190 valence electrons. The van der Waals surface area contributed by atoms with Crippen LogP contribution in [-0.4, -0.2) is 37.9 Å². The van der Waals surface area contributed by atoms with Gasteiger partial charge in [0.15, 0.2) is 5.41 Å². The van der Waals surface area contributed by atoms with Crippen molar-refractivity contribution < 1.29 is 28.9 Å². The predicted octanol–water partition coefficient (Wildman–Crippen LogP) is 4.01. The van der Waals surface area contributed by atoms with Crippen LogP contribution in [-0.2, 0) is 42.2 Å². The summed E-state index contributed by atoms with van der Waals surface area (Å²) in [5, 5.41) is 10.6. The first kappa shape index (κ1) is 24.2. The van der Waals surface area contributed by atoms with Crippen LogP contribution in [0.15, 0.2) is 72.8 Å². The van der Waals surface area contributed by atoms with Gasteiger partial charge >= 0.3 is 11.9 Å². The molecule has 6 rings (SSSR count). The fraction of sp³-hybridized carbons (Fsp3) is 0.250. The molecule has 0 fully saturated rings. The monoisotopic (exact) mass is 506 g/mol. The fourth-order valence-corrected chi connectivity index (χ4v) is 6.17. The largest absolute Gasteiger partial charge is 0.468 e. The van der Waals surface area contributed by atoms with Gasteiger partial charge in [-0.15, -0.1) is 0 Å². The lowest BCUT2D eigenvalue weighted by Gasteiger charge is -2.27. The zero-order chi connectivity index (χ0) is 26.5. The third kappa shape index (κ3) is 3.36. The molecule has 2 aliphatic heterocycles. The van der Waals surface area contributed by atoms with E-state index in [1.54, 1.807) is 0 Å². The van der Waals surface area contributed by atoms with Crippen molar-refractivity contribution >= 4 is 11.9 Å². The van der Waals surface area contributed by atoms with E-state index in [-0.39, 0.29) is 25.6 Å². The number of ether oxygens (including phenoxy) is 3. The highest BCUT2D eigenvalue weighted by Gasteiger charge is 2.58. The van der Waals surface area contributed by atoms with E-state index >= 15 is 0 Å². The smallest absolute Gasteiger partial charge is 0.323 e. The maximum atomic E-state index is 13.2. The van der Waals surface area contributed by atoms with E-state index in [9.17, 15) is 14.7 Å². The van der Waals surface area contributed by atoms with E-state index < -0.39 is 23.0 Å². The number of hydrogen-bond donors (Lipinski definition) is 1. The van der Waals surface area contributed by atoms with Gasteiger partial charge in [-0.1, -0.05) is 66.4 Å². The van der Waals surface area contributed by atoms with Gasteiger partial charge in [-0.25, -0.2) is 0 Å². The highest BCUT2D eigenvalue weighted by Crippen LogP contribution is 2.59. The summed E-state index contributed by atoms with van der Waals surface area (Å²) in [5.41, 5.74) is 4.08. The normalized spacial score (nSPS) is 21.3. The van der Waals surface area contributed by atoms with E-state index in [1.165, 1.54) is 14.2 Å². The van der Waals surface area contributed by atoms with Gasteiger partial charge in [0.05, 0.1) is 20.8 Å². The molecule has 1 N–H and O–H groups in total. The molecule has 2 atom stereocenters. The predicted molar refractivity (Wildman–Crippen MR) is 140 cm³/mol. The molecule has 0 unspecified atom stereocenters. The van der Waals surface area contributed by atoms with Crippen molar-refractivity contribution in [1.82, 2.24) is 0 Å². The lowest BCUT2D eigenvalue weighted by molar-refractivity contribution is -0.168. The summed E-state index contributed by atoms with van der Waals surface area (Å²) in [5.74, 6) is 5.37. The van der Waals surface area contributed by atoms with Gasteiger partial charge in [0.1, 0.15) is 11.7 Å². The van der Waals surface area contributed by atoms with Gasteiger partial charge in [0.2, 0.25) is 0 Å². The van der Waals surface area contributed by atoms with Crippen LogP contribution >= 0.6 is 0 Å². The molecule has 1 aliphatic carbocycles. The fourth-order valence-electron chi connectivity index (χ4n) is 6.17. The Hall–Kier alpha value is -4.18. The standard InChI is InChI=1S/C32H26O6/c1-36-29(34)31(30(35)37-2)17-23-22(14-13-20-9-5-3-6-10-20)26(21-11-7-4-8-12-21)27-25-15-16-32(19-33,38-25)28(27)24(23)18-31/h3-12,15-16,25,33H,17-19H2,1-2H3/t25-,32-/m1/s1. The third-order valence-corrected chi connectivity index (χ3v) is 7.85. The van der Waals surface area contributed by atoms with Crippen molar-refractivity contribution in [1.29, 1.82) is 0 Å². The Balaban J connectivity index is 1.70. The minimum Gasteiger partial charge on any atom is -0.468 e. The number of methoxy groups -OCH3 is 2. The zero-order valence-corrected chi connectivity index (χ0v) is 21.1. The summed E-state index contributed by atoms with van der Waals surface area (Å²) in [6, 6.07) is 19.6. The molecule has 6 heteroatoms. The molecule has 0 amide bonds. The van der Waals surface area contributed by atoms with E-state index in [2.05, 4.69) is 11.8 Å². The van der Waals surface area contributed by atoms with Gasteiger partial charge in [-0.3, -0.25) is 9.59 Å². The maximum absolute atomic E-state index is 13.2. The van der Waals surface area contributed by atoms with Crippen LogP contribution in [0, 0.1) is 17.3 Å².